The minimum Gasteiger partial charge on any atom is -0.378 e. The largest absolute Gasteiger partial charge is 0.378 e. The van der Waals surface area contributed by atoms with E-state index in [0.717, 1.165) is 31.8 Å². The maximum absolute atomic E-state index is 5.57. The number of nitrogens with one attached hydrogen (secondary N) is 1. The van der Waals surface area contributed by atoms with E-state index in [1.54, 1.807) is 0 Å². The molecule has 16 heavy (non-hydrogen) atoms. The highest BCUT2D eigenvalue weighted by atomic mass is 16.5. The standard InChI is InChI=1S/C13H20N2O/c1-11-4-5-12(10-15-11)9-14-7-6-13-3-2-8-16-13/h4-5,10,13-14H,2-3,6-9H2,1H3. The minimum atomic E-state index is 0.489. The van der Waals surface area contributed by atoms with Crippen LogP contribution in [0.2, 0.25) is 0 Å². The van der Waals surface area contributed by atoms with Crippen LogP contribution in [-0.2, 0) is 11.3 Å². The molecule has 2 heterocycles. The maximum atomic E-state index is 5.57. The Morgan fingerprint density at radius 1 is 1.50 bits per heavy atom. The fraction of sp³-hybridized carbons (Fsp3) is 0.615. The molecule has 1 aromatic rings. The summed E-state index contributed by atoms with van der Waals surface area (Å²) in [6.45, 7) is 4.89. The summed E-state index contributed by atoms with van der Waals surface area (Å²) in [6.07, 6.45) is 6.01. The second-order valence-corrected chi connectivity index (χ2v) is 4.41. The lowest BCUT2D eigenvalue weighted by Gasteiger charge is -2.09. The van der Waals surface area contributed by atoms with Crippen LogP contribution < -0.4 is 5.32 Å². The molecular weight excluding hydrogens is 200 g/mol. The number of aryl methyl sites for hydroxylation is 1. The third-order valence-electron chi connectivity index (χ3n) is 2.97. The first-order valence-corrected chi connectivity index (χ1v) is 6.08. The van der Waals surface area contributed by atoms with E-state index in [9.17, 15) is 0 Å². The van der Waals surface area contributed by atoms with Crippen LogP contribution in [0.25, 0.3) is 0 Å². The van der Waals surface area contributed by atoms with Gasteiger partial charge in [0.25, 0.3) is 0 Å². The molecule has 88 valence electrons. The molecule has 0 saturated carbocycles. The van der Waals surface area contributed by atoms with Crippen molar-refractivity contribution in [3.05, 3.63) is 29.6 Å². The van der Waals surface area contributed by atoms with Crippen LogP contribution in [0.1, 0.15) is 30.5 Å². The van der Waals surface area contributed by atoms with Gasteiger partial charge in [-0.1, -0.05) is 6.07 Å². The molecule has 1 aliphatic heterocycles. The van der Waals surface area contributed by atoms with Crippen molar-refractivity contribution in [2.24, 2.45) is 0 Å². The van der Waals surface area contributed by atoms with Crippen molar-refractivity contribution in [3.8, 4) is 0 Å². The predicted molar refractivity (Wildman–Crippen MR) is 64.3 cm³/mol. The molecule has 0 aromatic carbocycles. The lowest BCUT2D eigenvalue weighted by atomic mass is 10.2. The topological polar surface area (TPSA) is 34.1 Å². The van der Waals surface area contributed by atoms with Gasteiger partial charge in [-0.15, -0.1) is 0 Å². The lowest BCUT2D eigenvalue weighted by molar-refractivity contribution is 0.104. The van der Waals surface area contributed by atoms with E-state index in [1.807, 2.05) is 13.1 Å². The fourth-order valence-corrected chi connectivity index (χ4v) is 1.97. The number of hydrogen-bond donors (Lipinski definition) is 1. The molecule has 0 amide bonds. The highest BCUT2D eigenvalue weighted by Crippen LogP contribution is 2.14. The zero-order chi connectivity index (χ0) is 11.2. The Labute approximate surface area is 97.2 Å². The number of nitrogens with zero attached hydrogens (tertiary/aromatic N) is 1. The number of ether oxygens (including phenoxy) is 1. The van der Waals surface area contributed by atoms with Gasteiger partial charge < -0.3 is 10.1 Å². The number of aromatic nitrogens is 1. The summed E-state index contributed by atoms with van der Waals surface area (Å²) in [5.74, 6) is 0. The first kappa shape index (κ1) is 11.6. The molecule has 1 atom stereocenters. The fourth-order valence-electron chi connectivity index (χ4n) is 1.97. The number of pyridine rings is 1. The molecule has 1 aromatic heterocycles. The summed E-state index contributed by atoms with van der Waals surface area (Å²) in [6, 6.07) is 4.18. The molecule has 1 fully saturated rings. The van der Waals surface area contributed by atoms with Crippen LogP contribution in [0.15, 0.2) is 18.3 Å². The Morgan fingerprint density at radius 2 is 2.44 bits per heavy atom. The molecule has 1 unspecified atom stereocenters. The van der Waals surface area contributed by atoms with Crippen LogP contribution in [0.4, 0.5) is 0 Å². The van der Waals surface area contributed by atoms with Crippen molar-refractivity contribution >= 4 is 0 Å². The van der Waals surface area contributed by atoms with Gasteiger partial charge in [0.1, 0.15) is 0 Å². The Hall–Kier alpha value is -0.930. The van der Waals surface area contributed by atoms with Gasteiger partial charge in [0, 0.05) is 25.0 Å². The van der Waals surface area contributed by atoms with E-state index in [2.05, 4.69) is 22.4 Å². The van der Waals surface area contributed by atoms with E-state index in [0.29, 0.717) is 6.10 Å². The Balaban J connectivity index is 1.62. The van der Waals surface area contributed by atoms with Crippen molar-refractivity contribution in [1.29, 1.82) is 0 Å². The molecule has 0 spiro atoms. The molecule has 3 nitrogen and oxygen atoms in total. The second-order valence-electron chi connectivity index (χ2n) is 4.41. The van der Waals surface area contributed by atoms with Crippen molar-refractivity contribution in [1.82, 2.24) is 10.3 Å². The van der Waals surface area contributed by atoms with Gasteiger partial charge in [0.2, 0.25) is 0 Å². The zero-order valence-corrected chi connectivity index (χ0v) is 9.91. The lowest BCUT2D eigenvalue weighted by Crippen LogP contribution is -2.19. The molecule has 1 aliphatic rings. The summed E-state index contributed by atoms with van der Waals surface area (Å²) in [5, 5.41) is 3.43. The van der Waals surface area contributed by atoms with Crippen LogP contribution in [0.3, 0.4) is 0 Å². The quantitative estimate of drug-likeness (QED) is 0.771. The molecular formula is C13H20N2O. The molecule has 2 rings (SSSR count). The summed E-state index contributed by atoms with van der Waals surface area (Å²) >= 11 is 0. The highest BCUT2D eigenvalue weighted by molar-refractivity contribution is 5.12. The molecule has 0 radical (unpaired) electrons. The van der Waals surface area contributed by atoms with Gasteiger partial charge in [0.15, 0.2) is 0 Å². The summed E-state index contributed by atoms with van der Waals surface area (Å²) in [7, 11) is 0. The normalized spacial score (nSPS) is 20.2. The average molecular weight is 220 g/mol. The Bertz CT molecular complexity index is 304. The summed E-state index contributed by atoms with van der Waals surface area (Å²) in [5.41, 5.74) is 2.32. The van der Waals surface area contributed by atoms with Gasteiger partial charge in [-0.05, 0) is 44.4 Å². The molecule has 1 saturated heterocycles. The predicted octanol–water partition coefficient (Wildman–Crippen LogP) is 2.05. The van der Waals surface area contributed by atoms with Crippen molar-refractivity contribution < 1.29 is 4.74 Å². The van der Waals surface area contributed by atoms with Crippen LogP contribution >= 0.6 is 0 Å². The van der Waals surface area contributed by atoms with E-state index >= 15 is 0 Å². The third-order valence-corrected chi connectivity index (χ3v) is 2.97. The number of hydrogen-bond acceptors (Lipinski definition) is 3. The molecule has 0 bridgehead atoms. The highest BCUT2D eigenvalue weighted by Gasteiger charge is 2.14. The second kappa shape index (κ2) is 5.97. The van der Waals surface area contributed by atoms with Crippen LogP contribution in [-0.4, -0.2) is 24.2 Å². The van der Waals surface area contributed by atoms with Gasteiger partial charge >= 0.3 is 0 Å². The van der Waals surface area contributed by atoms with Gasteiger partial charge in [-0.2, -0.15) is 0 Å². The van der Waals surface area contributed by atoms with Crippen molar-refractivity contribution in [2.75, 3.05) is 13.2 Å². The van der Waals surface area contributed by atoms with E-state index in [1.165, 1.54) is 18.4 Å². The van der Waals surface area contributed by atoms with Crippen molar-refractivity contribution in [2.45, 2.75) is 38.8 Å². The van der Waals surface area contributed by atoms with Crippen LogP contribution in [0, 0.1) is 6.92 Å². The monoisotopic (exact) mass is 220 g/mol. The van der Waals surface area contributed by atoms with Gasteiger partial charge in [-0.3, -0.25) is 4.98 Å². The summed E-state index contributed by atoms with van der Waals surface area (Å²) < 4.78 is 5.57. The Morgan fingerprint density at radius 3 is 3.12 bits per heavy atom. The molecule has 0 aliphatic carbocycles. The average Bonchev–Trinajstić information content (AvgIpc) is 2.80. The first-order chi connectivity index (χ1) is 7.84. The van der Waals surface area contributed by atoms with E-state index in [-0.39, 0.29) is 0 Å². The SMILES string of the molecule is Cc1ccc(CNCCC2CCCO2)cn1. The molecule has 1 N–H and O–H groups in total. The van der Waals surface area contributed by atoms with Gasteiger partial charge in [-0.25, -0.2) is 0 Å². The summed E-state index contributed by atoms with van der Waals surface area (Å²) in [4.78, 5) is 4.27. The smallest absolute Gasteiger partial charge is 0.0588 e. The maximum Gasteiger partial charge on any atom is 0.0588 e. The van der Waals surface area contributed by atoms with Crippen LogP contribution in [0.5, 0.6) is 0 Å². The van der Waals surface area contributed by atoms with E-state index in [4.69, 9.17) is 4.74 Å². The minimum absolute atomic E-state index is 0.489. The van der Waals surface area contributed by atoms with E-state index < -0.39 is 0 Å². The third kappa shape index (κ3) is 3.58. The zero-order valence-electron chi connectivity index (χ0n) is 9.91. The van der Waals surface area contributed by atoms with Gasteiger partial charge in [0.05, 0.1) is 6.10 Å². The first-order valence-electron chi connectivity index (χ1n) is 6.08. The molecule has 3 heteroatoms. The van der Waals surface area contributed by atoms with Crippen molar-refractivity contribution in [3.63, 3.8) is 0 Å². The number of rotatable bonds is 5. The Kier molecular flexibility index (Phi) is 4.31.